The van der Waals surface area contributed by atoms with Gasteiger partial charge in [-0.1, -0.05) is 52.6 Å². The van der Waals surface area contributed by atoms with Crippen LogP contribution in [-0.2, 0) is 96.7 Å². The number of ether oxygens (including phenoxy) is 8. The van der Waals surface area contributed by atoms with Gasteiger partial charge in [0, 0.05) is 88.5 Å². The van der Waals surface area contributed by atoms with Crippen LogP contribution >= 0.6 is 0 Å². The van der Waals surface area contributed by atoms with Gasteiger partial charge in [-0.05, 0) is 161 Å². The van der Waals surface area contributed by atoms with E-state index in [0.29, 0.717) is 119 Å². The average Bonchev–Trinajstić information content (AvgIpc) is 1.56. The molecule has 2 aromatic heterocycles. The van der Waals surface area contributed by atoms with E-state index in [1.165, 1.54) is 24.0 Å². The molecule has 9 aliphatic rings. The molecular formula is C72H90F4N6O14V2-2. The summed E-state index contributed by atoms with van der Waals surface area (Å²) in [6.45, 7) is 11.0. The van der Waals surface area contributed by atoms with Crippen LogP contribution in [0.2, 0.25) is 0 Å². The number of carbonyl (C=O) groups excluding carboxylic acids is 6. The third-order valence-corrected chi connectivity index (χ3v) is 23.4. The van der Waals surface area contributed by atoms with Crippen LogP contribution in [0, 0.1) is 58.2 Å². The number of benzene rings is 2. The van der Waals surface area contributed by atoms with E-state index in [1.807, 2.05) is 33.3 Å². The Labute approximate surface area is 593 Å². The monoisotopic (exact) mass is 1440 g/mol. The number of hydrogen-bond donors (Lipinski definition) is 0. The molecule has 26 heteroatoms. The average molecular weight is 1440 g/mol. The molecule has 2 unspecified atom stereocenters. The number of nitrogens with zero attached hydrogens (tertiary/aromatic N) is 6. The van der Waals surface area contributed by atoms with Gasteiger partial charge < -0.3 is 57.3 Å². The summed E-state index contributed by atoms with van der Waals surface area (Å²) in [5.41, 5.74) is -1.85. The Kier molecular flexibility index (Phi) is 23.4. The van der Waals surface area contributed by atoms with Gasteiger partial charge in [0.05, 0.1) is 74.1 Å². The summed E-state index contributed by atoms with van der Waals surface area (Å²) in [5, 5.41) is 0. The Bertz CT molecular complexity index is 3460. The molecule has 3 saturated carbocycles. The molecule has 2 amide bonds. The molecule has 3 aliphatic carbocycles. The van der Waals surface area contributed by atoms with E-state index in [0.717, 1.165) is 25.7 Å². The minimum Gasteiger partial charge on any atom is -0.540 e. The van der Waals surface area contributed by atoms with Crippen molar-refractivity contribution in [3.05, 3.63) is 47.8 Å². The van der Waals surface area contributed by atoms with Gasteiger partial charge in [-0.3, -0.25) is 19.2 Å². The fourth-order valence-electron chi connectivity index (χ4n) is 17.0. The maximum absolute atomic E-state index is 16.1. The predicted octanol–water partition coefficient (Wildman–Crippen LogP) is 11.3. The van der Waals surface area contributed by atoms with Crippen LogP contribution in [-0.4, -0.2) is 156 Å². The van der Waals surface area contributed by atoms with Crippen molar-refractivity contribution in [1.29, 1.82) is 0 Å². The van der Waals surface area contributed by atoms with E-state index in [-0.39, 0.29) is 128 Å². The maximum Gasteiger partial charge on any atom is 0.307 e. The van der Waals surface area contributed by atoms with Crippen LogP contribution < -0.4 is 18.9 Å². The molecule has 7 fully saturated rings. The molecule has 14 atom stereocenters. The Morgan fingerprint density at radius 1 is 0.531 bits per heavy atom. The normalized spacial score (nSPS) is 33.1. The van der Waals surface area contributed by atoms with E-state index in [2.05, 4.69) is 19.9 Å². The van der Waals surface area contributed by atoms with Gasteiger partial charge in [-0.2, -0.15) is 17.6 Å². The number of alkyl halides is 4. The molecule has 6 aliphatic heterocycles. The minimum atomic E-state index is -3.37. The molecule has 2 radical (unpaired) electrons. The molecule has 4 bridgehead atoms. The van der Waals surface area contributed by atoms with Crippen LogP contribution in [0.1, 0.15) is 168 Å². The number of carbonyl (C=O) groups is 4. The topological polar surface area (TPSA) is 234 Å². The number of fused-ring (bicyclic) bond motifs is 12. The first-order chi connectivity index (χ1) is 45.9. The van der Waals surface area contributed by atoms with Gasteiger partial charge in [0.2, 0.25) is 23.6 Å². The van der Waals surface area contributed by atoms with Crippen LogP contribution in [0.25, 0.3) is 22.1 Å². The zero-order chi connectivity index (χ0) is 68.1. The number of rotatable bonds is 6. The van der Waals surface area contributed by atoms with Crippen molar-refractivity contribution in [3.8, 4) is 23.3 Å². The Balaban J connectivity index is 0.000000208. The summed E-state index contributed by atoms with van der Waals surface area (Å²) < 4.78 is 111. The van der Waals surface area contributed by atoms with E-state index in [1.54, 1.807) is 50.2 Å². The van der Waals surface area contributed by atoms with Crippen molar-refractivity contribution in [3.63, 3.8) is 0 Å². The van der Waals surface area contributed by atoms with Crippen LogP contribution in [0.5, 0.6) is 23.3 Å². The summed E-state index contributed by atoms with van der Waals surface area (Å²) in [5.74, 6) is -9.75. The molecule has 98 heavy (non-hydrogen) atoms. The van der Waals surface area contributed by atoms with Gasteiger partial charge in [0.25, 0.3) is 11.8 Å². The zero-order valence-corrected chi connectivity index (χ0v) is 59.7. The van der Waals surface area contributed by atoms with Crippen molar-refractivity contribution in [2.75, 3.05) is 53.7 Å². The van der Waals surface area contributed by atoms with Gasteiger partial charge >= 0.3 is 11.9 Å². The first kappa shape index (κ1) is 75.0. The molecule has 4 saturated heterocycles. The number of esters is 2. The van der Waals surface area contributed by atoms with Gasteiger partial charge in [0.15, 0.2) is 11.4 Å². The zero-order valence-electron chi connectivity index (χ0n) is 57.0. The Morgan fingerprint density at radius 3 is 1.46 bits per heavy atom. The molecule has 20 nitrogen and oxygen atoms in total. The van der Waals surface area contributed by atoms with Gasteiger partial charge in [-0.25, -0.2) is 32.5 Å². The second-order valence-corrected chi connectivity index (χ2v) is 29.5. The number of amides is 2. The summed E-state index contributed by atoms with van der Waals surface area (Å²) in [6.07, 6.45) is 10.2. The second-order valence-electron chi connectivity index (χ2n) is 29.5. The van der Waals surface area contributed by atoms with Crippen molar-refractivity contribution < 1.29 is 121 Å². The van der Waals surface area contributed by atoms with E-state index >= 15 is 17.6 Å². The number of hydrogen-bond acceptors (Lipinski definition) is 18. The molecule has 4 aromatic rings. The summed E-state index contributed by atoms with van der Waals surface area (Å²) in [7, 11) is 3.00. The Hall–Kier alpha value is -5.65. The van der Waals surface area contributed by atoms with Crippen LogP contribution in [0.15, 0.2) is 36.4 Å². The van der Waals surface area contributed by atoms with Crippen molar-refractivity contribution in [2.45, 2.75) is 204 Å². The summed E-state index contributed by atoms with van der Waals surface area (Å²) in [4.78, 5) is 102. The second kappa shape index (κ2) is 30.5. The first-order valence-corrected chi connectivity index (χ1v) is 34.6. The minimum absolute atomic E-state index is 0. The summed E-state index contributed by atoms with van der Waals surface area (Å²) >= 11 is 0. The smallest absolute Gasteiger partial charge is 0.307 e. The molecule has 532 valence electrons. The first-order valence-electron chi connectivity index (χ1n) is 34.6. The van der Waals surface area contributed by atoms with E-state index in [4.69, 9.17) is 37.9 Å². The fourth-order valence-corrected chi connectivity index (χ4v) is 17.0. The molecule has 13 rings (SSSR count). The van der Waals surface area contributed by atoms with Crippen molar-refractivity contribution in [1.82, 2.24) is 29.7 Å². The molecular weight excluding hydrogens is 1350 g/mol. The number of methoxy groups -OCH3 is 2. The molecule has 0 spiro atoms. The fraction of sp³-hybridized carbons (Fsp3) is 0.694. The van der Waals surface area contributed by atoms with Crippen molar-refractivity contribution >= 4 is 58.4 Å². The van der Waals surface area contributed by atoms with E-state index < -0.39 is 112 Å². The molecule has 8 heterocycles. The van der Waals surface area contributed by atoms with Crippen LogP contribution in [0.4, 0.5) is 17.6 Å². The third kappa shape index (κ3) is 15.4. The van der Waals surface area contributed by atoms with E-state index in [9.17, 15) is 28.8 Å². The van der Waals surface area contributed by atoms with Gasteiger partial charge in [0.1, 0.15) is 35.4 Å². The Morgan fingerprint density at radius 2 is 0.990 bits per heavy atom. The number of halogens is 4. The van der Waals surface area contributed by atoms with Crippen LogP contribution in [0.3, 0.4) is 0 Å². The summed E-state index contributed by atoms with van der Waals surface area (Å²) in [6, 6.07) is 7.63. The quantitative estimate of drug-likeness (QED) is 0.0991. The number of aromatic nitrogens is 4. The standard InChI is InChI=1S/C36H44F2N3O7.C36H46F2N3O7.2V/c1-20-28(19-42)41-18-30(20)48-33-32(39-26-8-7-22(45-3)16-27(26)40-33)36(37,38)9-5-4-6-23-24-14-21(24)15-29(23)47-31(43)17-25(34(41)44)35(2)10-12-46-13-11-35;1-22-28(21-42)41-20-29(22)47-32-31(39-26-11-10-24(45-4)18-27(26)40-32)36(37,38)13-6-5-8-23-9-7-12-35(23,3)48-30(43)19-25(33(41)44)34(2)14-16-46-17-15-34;;/h7-8,16,20-21,23-25,28-30H,4-6,9-15,17-18H2,1-3H3;10-11,18,22-23,25,28-29H,5-9,12-17,19-20H2,1-4H3;;/q2*-1;;/t20-,21?,23+,24?,25+,28+,29+,30-;22-,23+,25+,28+,29-,35+;;/m00../s1. The SMILES string of the molecule is COc1ccc2nc3c(nc2c1)O[C@H]1CN(C(=O)[C@H](C2(C)CCOCC2)CC(=O)O[C@@H]2CC4CC4[C@H]2CCCCC3(F)F)[C@H]([C-]=O)[C@@H]1C.COc1ccc2nc3c(nc2c1)O[C@H]1CN(C(=O)[C@H](C2(C)CCOCC2)CC(=O)O[C@]2(C)CCC[C@H]2CCCCC3(F)F)[C@H]([C-]=O)[C@@H]1C.[V].[V]. The molecule has 0 N–H and O–H groups in total. The predicted molar refractivity (Wildman–Crippen MR) is 340 cm³/mol. The van der Waals surface area contributed by atoms with Gasteiger partial charge in [-0.15, -0.1) is 0 Å². The molecule has 2 aromatic carbocycles. The largest absolute Gasteiger partial charge is 0.540 e. The third-order valence-electron chi connectivity index (χ3n) is 23.4. The maximum atomic E-state index is 16.1. The van der Waals surface area contributed by atoms with Crippen molar-refractivity contribution in [2.24, 2.45) is 58.2 Å².